The Bertz CT molecular complexity index is 1150. The van der Waals surface area contributed by atoms with Crippen LogP contribution in [0.2, 0.25) is 0 Å². The van der Waals surface area contributed by atoms with Gasteiger partial charge in [0.2, 0.25) is 0 Å². The van der Waals surface area contributed by atoms with Crippen LogP contribution in [0.15, 0.2) is 91.2 Å². The Kier molecular flexibility index (Phi) is 7.55. The van der Waals surface area contributed by atoms with E-state index >= 15 is 0 Å². The molecule has 3 aliphatic carbocycles. The van der Waals surface area contributed by atoms with Crippen molar-refractivity contribution >= 4 is 46.7 Å². The third-order valence-electron chi connectivity index (χ3n) is 4.82. The van der Waals surface area contributed by atoms with E-state index in [2.05, 4.69) is 66.2 Å². The molecule has 5 heteroatoms. The number of halogens is 2. The monoisotopic (exact) mass is 462 g/mol. The summed E-state index contributed by atoms with van der Waals surface area (Å²) in [4.78, 5) is 5.95. The van der Waals surface area contributed by atoms with E-state index in [0.29, 0.717) is 17.3 Å². The lowest BCUT2D eigenvalue weighted by molar-refractivity contribution is 1.03. The average Bonchev–Trinajstić information content (AvgIpc) is 2.98. The standard InChI is InChI=1S/C26H20Cl2N2S/c27-22-14-13-21(17-23(28)16-15-22)24-18-25(19-9-5-2-1-3-6-10-19)31-30-26(29-24)20-11-7-4-8-12-20/h2,5,7,9,11-12,15-18,21-22H,1,4,8,10H2/b5-2-,16-15-,19-9+,23-17+. The quantitative estimate of drug-likeness (QED) is 0.255. The molecule has 0 fully saturated rings. The topological polar surface area (TPSA) is 24.7 Å². The van der Waals surface area contributed by atoms with Crippen molar-refractivity contribution in [3.05, 3.63) is 81.8 Å². The maximum atomic E-state index is 6.40. The summed E-state index contributed by atoms with van der Waals surface area (Å²) >= 11 is 14.1. The Morgan fingerprint density at radius 3 is 2.90 bits per heavy atom. The fourth-order valence-corrected chi connectivity index (χ4v) is 4.31. The van der Waals surface area contributed by atoms with Gasteiger partial charge >= 0.3 is 0 Å². The van der Waals surface area contributed by atoms with Crippen molar-refractivity contribution in [3.63, 3.8) is 0 Å². The van der Waals surface area contributed by atoms with E-state index in [0.717, 1.165) is 41.0 Å². The minimum Gasteiger partial charge on any atom is -0.231 e. The van der Waals surface area contributed by atoms with E-state index in [-0.39, 0.29) is 11.3 Å². The molecule has 0 saturated heterocycles. The fraction of sp³-hybridized carbons (Fsp3) is 0.231. The number of alkyl halides is 1. The third kappa shape index (κ3) is 6.05. The number of hydrogen-bond acceptors (Lipinski definition) is 3. The zero-order chi connectivity index (χ0) is 21.5. The summed E-state index contributed by atoms with van der Waals surface area (Å²) in [5.74, 6) is 13.1. The van der Waals surface area contributed by atoms with E-state index in [4.69, 9.17) is 32.6 Å². The number of amidine groups is 1. The molecule has 1 aliphatic heterocycles. The second-order valence-electron chi connectivity index (χ2n) is 7.12. The lowest BCUT2D eigenvalue weighted by Gasteiger charge is -2.11. The van der Waals surface area contributed by atoms with Gasteiger partial charge in [-0.15, -0.1) is 11.6 Å². The summed E-state index contributed by atoms with van der Waals surface area (Å²) in [5, 5.41) is 0.202. The van der Waals surface area contributed by atoms with Crippen molar-refractivity contribution in [1.82, 2.24) is 0 Å². The molecule has 4 aliphatic rings. The summed E-state index contributed by atoms with van der Waals surface area (Å²) in [7, 11) is 0. The molecule has 1 heterocycles. The first-order valence-corrected chi connectivity index (χ1v) is 11.7. The van der Waals surface area contributed by atoms with Crippen LogP contribution < -0.4 is 0 Å². The zero-order valence-electron chi connectivity index (χ0n) is 16.8. The highest BCUT2D eigenvalue weighted by Crippen LogP contribution is 2.32. The van der Waals surface area contributed by atoms with Gasteiger partial charge in [-0.25, -0.2) is 4.99 Å². The smallest absolute Gasteiger partial charge is 0.167 e. The molecular formula is C26H20Cl2N2S. The first-order chi connectivity index (χ1) is 15.2. The van der Waals surface area contributed by atoms with Crippen molar-refractivity contribution in [2.45, 2.75) is 31.1 Å². The molecule has 0 aromatic rings. The molecular weight excluding hydrogens is 443 g/mol. The van der Waals surface area contributed by atoms with Crippen LogP contribution in [-0.4, -0.2) is 16.9 Å². The Labute approximate surface area is 198 Å². The number of rotatable bonds is 3. The van der Waals surface area contributed by atoms with Gasteiger partial charge in [-0.3, -0.25) is 0 Å². The normalized spacial score (nSPS) is 30.6. The van der Waals surface area contributed by atoms with Crippen molar-refractivity contribution in [2.24, 2.45) is 15.3 Å². The van der Waals surface area contributed by atoms with Crippen LogP contribution in [-0.2, 0) is 0 Å². The average molecular weight is 463 g/mol. The number of aliphatic imine (C=N–C) groups is 1. The first-order valence-electron chi connectivity index (χ1n) is 10.1. The summed E-state index contributed by atoms with van der Waals surface area (Å²) < 4.78 is 4.78. The van der Waals surface area contributed by atoms with E-state index in [1.807, 2.05) is 6.08 Å². The summed E-state index contributed by atoms with van der Waals surface area (Å²) in [6.07, 6.45) is 23.7. The van der Waals surface area contributed by atoms with Crippen molar-refractivity contribution in [3.8, 4) is 23.7 Å². The van der Waals surface area contributed by atoms with Crippen molar-refractivity contribution in [1.29, 1.82) is 0 Å². The fourth-order valence-electron chi connectivity index (χ4n) is 3.21. The molecule has 154 valence electrons. The van der Waals surface area contributed by atoms with E-state index < -0.39 is 0 Å². The lowest BCUT2D eigenvalue weighted by Crippen LogP contribution is -2.13. The van der Waals surface area contributed by atoms with Gasteiger partial charge in [0.25, 0.3) is 0 Å². The third-order valence-corrected chi connectivity index (χ3v) is 6.16. The minimum absolute atomic E-state index is 0.290. The molecule has 0 N–H and O–H groups in total. The predicted molar refractivity (Wildman–Crippen MR) is 135 cm³/mol. The van der Waals surface area contributed by atoms with Crippen LogP contribution in [0.4, 0.5) is 0 Å². The Balaban J connectivity index is 1.79. The number of allylic oxidation sites excluding steroid dienone is 11. The second kappa shape index (κ2) is 10.7. The largest absolute Gasteiger partial charge is 0.231 e. The minimum atomic E-state index is -0.389. The molecule has 0 aromatic carbocycles. The number of hydrogen-bond donors (Lipinski definition) is 0. The predicted octanol–water partition coefficient (Wildman–Crippen LogP) is 6.85. The van der Waals surface area contributed by atoms with Crippen LogP contribution in [0.1, 0.15) is 25.7 Å². The lowest BCUT2D eigenvalue weighted by atomic mass is 9.98. The van der Waals surface area contributed by atoms with Gasteiger partial charge in [-0.05, 0) is 36.6 Å². The molecule has 0 aromatic heterocycles. The van der Waals surface area contributed by atoms with Gasteiger partial charge in [0.15, 0.2) is 5.84 Å². The Morgan fingerprint density at radius 1 is 1.10 bits per heavy atom. The van der Waals surface area contributed by atoms with E-state index in [1.54, 1.807) is 12.2 Å². The van der Waals surface area contributed by atoms with Gasteiger partial charge in [0.05, 0.1) is 11.6 Å². The maximum absolute atomic E-state index is 6.40. The Morgan fingerprint density at radius 2 is 2.03 bits per heavy atom. The summed E-state index contributed by atoms with van der Waals surface area (Å²) in [6.45, 7) is 0. The van der Waals surface area contributed by atoms with E-state index in [9.17, 15) is 0 Å². The molecule has 0 amide bonds. The van der Waals surface area contributed by atoms with Crippen LogP contribution >= 0.6 is 35.1 Å². The van der Waals surface area contributed by atoms with Gasteiger partial charge in [0, 0.05) is 40.3 Å². The van der Waals surface area contributed by atoms with E-state index in [1.165, 1.54) is 11.9 Å². The van der Waals surface area contributed by atoms with Crippen LogP contribution in [0, 0.1) is 29.6 Å². The van der Waals surface area contributed by atoms with Crippen LogP contribution in [0.25, 0.3) is 0 Å². The molecule has 0 radical (unpaired) electrons. The van der Waals surface area contributed by atoms with Crippen LogP contribution in [0.5, 0.6) is 0 Å². The molecule has 0 spiro atoms. The highest BCUT2D eigenvalue weighted by molar-refractivity contribution is 8.02. The first kappa shape index (κ1) is 21.8. The second-order valence-corrected chi connectivity index (χ2v) is 8.84. The van der Waals surface area contributed by atoms with Crippen molar-refractivity contribution in [2.75, 3.05) is 0 Å². The van der Waals surface area contributed by atoms with Gasteiger partial charge in [0.1, 0.15) is 5.38 Å². The molecule has 0 bridgehead atoms. The summed E-state index contributed by atoms with van der Waals surface area (Å²) in [5.41, 5.74) is 2.94. The Hall–Kier alpha value is -2.43. The molecule has 31 heavy (non-hydrogen) atoms. The number of nitrogens with zero attached hydrogens (tertiary/aromatic N) is 2. The van der Waals surface area contributed by atoms with Gasteiger partial charge < -0.3 is 0 Å². The summed E-state index contributed by atoms with van der Waals surface area (Å²) in [6, 6.07) is 0. The highest BCUT2D eigenvalue weighted by Gasteiger charge is 2.20. The molecule has 2 nitrogen and oxygen atoms in total. The molecule has 0 saturated carbocycles. The highest BCUT2D eigenvalue weighted by atomic mass is 35.5. The van der Waals surface area contributed by atoms with Gasteiger partial charge in [-0.2, -0.15) is 4.40 Å². The maximum Gasteiger partial charge on any atom is 0.167 e. The SMILES string of the molecule is ClC1=C/C(C2=NC(C3=CCCC=C3)=NSC(/C3=C/C=C\CC#CC3)=C2)C#CC(Cl)/C=C\1. The van der Waals surface area contributed by atoms with Crippen molar-refractivity contribution < 1.29 is 0 Å². The molecule has 2 unspecified atom stereocenters. The molecule has 2 atom stereocenters. The van der Waals surface area contributed by atoms with Crippen LogP contribution in [0.3, 0.4) is 0 Å². The van der Waals surface area contributed by atoms with Gasteiger partial charge in [-0.1, -0.05) is 77.8 Å². The molecule has 4 rings (SSSR count). The zero-order valence-corrected chi connectivity index (χ0v) is 19.1.